The van der Waals surface area contributed by atoms with Crippen LogP contribution in [0.5, 0.6) is 0 Å². The standard InChI is InChI=1S/C25H32N4O4S/c1-18(2)29-22-12-11-21(34(32,33)27-13-7-8-14-27)15-23(22)28(25(29)31)17-24(30)26-16-19(3)20-9-5-4-6-10-20/h4-6,9-12,15,18-19H,7-8,13-14,16-17H2,1-3H3,(H,26,30)/t19-/m1/s1. The molecular weight excluding hydrogens is 452 g/mol. The number of hydrogen-bond acceptors (Lipinski definition) is 4. The fourth-order valence-electron chi connectivity index (χ4n) is 4.51. The van der Waals surface area contributed by atoms with Gasteiger partial charge in [-0.2, -0.15) is 4.31 Å². The SMILES string of the molecule is CC(C)n1c(=O)n(CC(=O)NC[C@@H](C)c2ccccc2)c2cc(S(=O)(=O)N3CCCC3)ccc21. The molecule has 1 atom stereocenters. The van der Waals surface area contributed by atoms with Gasteiger partial charge in [-0.05, 0) is 56.4 Å². The highest BCUT2D eigenvalue weighted by Crippen LogP contribution is 2.25. The van der Waals surface area contributed by atoms with E-state index in [0.717, 1.165) is 18.4 Å². The fraction of sp³-hybridized carbons (Fsp3) is 0.440. The number of carbonyl (C=O) groups excluding carboxylic acids is 1. The van der Waals surface area contributed by atoms with Gasteiger partial charge in [0.1, 0.15) is 6.54 Å². The normalized spacial score (nSPS) is 15.8. The summed E-state index contributed by atoms with van der Waals surface area (Å²) in [6.07, 6.45) is 1.69. The zero-order valence-electron chi connectivity index (χ0n) is 19.9. The Morgan fingerprint density at radius 2 is 1.68 bits per heavy atom. The minimum absolute atomic E-state index is 0.121. The van der Waals surface area contributed by atoms with Gasteiger partial charge in [-0.15, -0.1) is 0 Å². The smallest absolute Gasteiger partial charge is 0.329 e. The third-order valence-electron chi connectivity index (χ3n) is 6.43. The summed E-state index contributed by atoms with van der Waals surface area (Å²) >= 11 is 0. The van der Waals surface area contributed by atoms with E-state index in [-0.39, 0.29) is 35.0 Å². The number of sulfonamides is 1. The predicted octanol–water partition coefficient (Wildman–Crippen LogP) is 3.09. The van der Waals surface area contributed by atoms with Crippen molar-refractivity contribution in [1.29, 1.82) is 0 Å². The van der Waals surface area contributed by atoms with Gasteiger partial charge in [0.25, 0.3) is 0 Å². The first-order valence-electron chi connectivity index (χ1n) is 11.8. The van der Waals surface area contributed by atoms with E-state index in [2.05, 4.69) is 5.32 Å². The molecule has 2 aromatic carbocycles. The third-order valence-corrected chi connectivity index (χ3v) is 8.32. The van der Waals surface area contributed by atoms with Gasteiger partial charge in [-0.3, -0.25) is 13.9 Å². The van der Waals surface area contributed by atoms with Crippen LogP contribution in [0, 0.1) is 0 Å². The van der Waals surface area contributed by atoms with Crippen molar-refractivity contribution >= 4 is 27.0 Å². The highest BCUT2D eigenvalue weighted by molar-refractivity contribution is 7.89. The topological polar surface area (TPSA) is 93.4 Å². The number of aromatic nitrogens is 2. The quantitative estimate of drug-likeness (QED) is 0.532. The zero-order chi connectivity index (χ0) is 24.5. The molecule has 182 valence electrons. The molecule has 1 fully saturated rings. The van der Waals surface area contributed by atoms with Crippen LogP contribution in [0.2, 0.25) is 0 Å². The summed E-state index contributed by atoms with van der Waals surface area (Å²) in [5, 5.41) is 2.92. The van der Waals surface area contributed by atoms with Gasteiger partial charge in [0.2, 0.25) is 15.9 Å². The minimum Gasteiger partial charge on any atom is -0.354 e. The van der Waals surface area contributed by atoms with Crippen LogP contribution in [0.1, 0.15) is 51.1 Å². The minimum atomic E-state index is -3.64. The predicted molar refractivity (Wildman–Crippen MR) is 132 cm³/mol. The van der Waals surface area contributed by atoms with Crippen molar-refractivity contribution in [2.24, 2.45) is 0 Å². The summed E-state index contributed by atoms with van der Waals surface area (Å²) in [5.74, 6) is -0.170. The first-order valence-corrected chi connectivity index (χ1v) is 13.2. The van der Waals surface area contributed by atoms with Crippen LogP contribution >= 0.6 is 0 Å². The van der Waals surface area contributed by atoms with Crippen LogP contribution in [-0.2, 0) is 21.4 Å². The lowest BCUT2D eigenvalue weighted by atomic mass is 10.0. The monoisotopic (exact) mass is 484 g/mol. The van der Waals surface area contributed by atoms with Crippen molar-refractivity contribution in [2.45, 2.75) is 57.0 Å². The summed E-state index contributed by atoms with van der Waals surface area (Å²) in [4.78, 5) is 26.2. The molecule has 3 aromatic rings. The fourth-order valence-corrected chi connectivity index (χ4v) is 6.05. The highest BCUT2D eigenvalue weighted by Gasteiger charge is 2.28. The Kier molecular flexibility index (Phi) is 6.95. The summed E-state index contributed by atoms with van der Waals surface area (Å²) in [6, 6.07) is 14.5. The van der Waals surface area contributed by atoms with Crippen LogP contribution in [0.25, 0.3) is 11.0 Å². The molecule has 1 aliphatic rings. The number of nitrogens with one attached hydrogen (secondary N) is 1. The molecule has 9 heteroatoms. The Morgan fingerprint density at radius 1 is 1.00 bits per heavy atom. The number of rotatable bonds is 8. The molecule has 2 heterocycles. The largest absolute Gasteiger partial charge is 0.354 e. The second-order valence-electron chi connectivity index (χ2n) is 9.21. The number of carbonyl (C=O) groups is 1. The Labute approximate surface area is 200 Å². The van der Waals surface area contributed by atoms with Crippen LogP contribution in [0.15, 0.2) is 58.2 Å². The molecule has 0 unspecified atom stereocenters. The van der Waals surface area contributed by atoms with E-state index in [4.69, 9.17) is 0 Å². The maximum absolute atomic E-state index is 13.2. The maximum atomic E-state index is 13.2. The summed E-state index contributed by atoms with van der Waals surface area (Å²) < 4.78 is 30.7. The Morgan fingerprint density at radius 3 is 2.32 bits per heavy atom. The molecule has 1 aliphatic heterocycles. The molecule has 0 spiro atoms. The van der Waals surface area contributed by atoms with Crippen molar-refractivity contribution < 1.29 is 13.2 Å². The van der Waals surface area contributed by atoms with Gasteiger partial charge in [-0.25, -0.2) is 13.2 Å². The molecule has 0 saturated carbocycles. The molecule has 4 rings (SSSR count). The molecule has 1 saturated heterocycles. The lowest BCUT2D eigenvalue weighted by Gasteiger charge is -2.16. The highest BCUT2D eigenvalue weighted by atomic mass is 32.2. The molecule has 0 radical (unpaired) electrons. The first kappa shape index (κ1) is 24.2. The van der Waals surface area contributed by atoms with Gasteiger partial charge in [-0.1, -0.05) is 37.3 Å². The number of amides is 1. The summed E-state index contributed by atoms with van der Waals surface area (Å²) in [5.41, 5.74) is 1.86. The number of imidazole rings is 1. The first-order chi connectivity index (χ1) is 16.2. The van der Waals surface area contributed by atoms with Crippen molar-refractivity contribution in [3.8, 4) is 0 Å². The molecule has 34 heavy (non-hydrogen) atoms. The molecule has 1 N–H and O–H groups in total. The van der Waals surface area contributed by atoms with Gasteiger partial charge < -0.3 is 5.32 Å². The van der Waals surface area contributed by atoms with Crippen molar-refractivity contribution in [3.63, 3.8) is 0 Å². The maximum Gasteiger partial charge on any atom is 0.329 e. The summed E-state index contributed by atoms with van der Waals surface area (Å²) in [6.45, 7) is 7.08. The molecule has 0 aliphatic carbocycles. The number of nitrogens with zero attached hydrogens (tertiary/aromatic N) is 3. The van der Waals surface area contributed by atoms with Gasteiger partial charge in [0.15, 0.2) is 0 Å². The van der Waals surface area contributed by atoms with Crippen LogP contribution < -0.4 is 11.0 Å². The number of benzene rings is 2. The van der Waals surface area contributed by atoms with E-state index in [1.807, 2.05) is 51.1 Å². The molecule has 0 bridgehead atoms. The Hall–Kier alpha value is -2.91. The second kappa shape index (κ2) is 9.76. The van der Waals surface area contributed by atoms with Crippen molar-refractivity contribution in [2.75, 3.05) is 19.6 Å². The second-order valence-corrected chi connectivity index (χ2v) is 11.1. The van der Waals surface area contributed by atoms with E-state index in [1.54, 1.807) is 16.7 Å². The van der Waals surface area contributed by atoms with Gasteiger partial charge >= 0.3 is 5.69 Å². The lowest BCUT2D eigenvalue weighted by Crippen LogP contribution is -2.35. The van der Waals surface area contributed by atoms with E-state index < -0.39 is 10.0 Å². The van der Waals surface area contributed by atoms with Gasteiger partial charge in [0, 0.05) is 25.7 Å². The molecule has 8 nitrogen and oxygen atoms in total. The zero-order valence-corrected chi connectivity index (χ0v) is 20.7. The van der Waals surface area contributed by atoms with Crippen LogP contribution in [0.3, 0.4) is 0 Å². The number of fused-ring (bicyclic) bond motifs is 1. The van der Waals surface area contributed by atoms with Crippen LogP contribution in [-0.4, -0.2) is 47.4 Å². The average Bonchev–Trinajstić information content (AvgIpc) is 3.45. The Balaban J connectivity index is 1.63. The van der Waals surface area contributed by atoms with E-state index in [1.165, 1.54) is 14.9 Å². The third kappa shape index (κ3) is 4.67. The van der Waals surface area contributed by atoms with Crippen LogP contribution in [0.4, 0.5) is 0 Å². The van der Waals surface area contributed by atoms with E-state index in [0.29, 0.717) is 30.7 Å². The van der Waals surface area contributed by atoms with E-state index in [9.17, 15) is 18.0 Å². The molecular formula is C25H32N4O4S. The summed E-state index contributed by atoms with van der Waals surface area (Å²) in [7, 11) is -3.64. The van der Waals surface area contributed by atoms with Crippen molar-refractivity contribution in [3.05, 3.63) is 64.6 Å². The number of hydrogen-bond donors (Lipinski definition) is 1. The van der Waals surface area contributed by atoms with Crippen molar-refractivity contribution in [1.82, 2.24) is 18.8 Å². The molecule has 1 aromatic heterocycles. The molecule has 1 amide bonds. The Bertz CT molecular complexity index is 1340. The average molecular weight is 485 g/mol. The van der Waals surface area contributed by atoms with Gasteiger partial charge in [0.05, 0.1) is 15.9 Å². The lowest BCUT2D eigenvalue weighted by molar-refractivity contribution is -0.121. The van der Waals surface area contributed by atoms with E-state index >= 15 is 0 Å².